The molecular formula is C24H19NO2. The van der Waals surface area contributed by atoms with Crippen LogP contribution in [0.3, 0.4) is 0 Å². The fourth-order valence-corrected chi connectivity index (χ4v) is 3.24. The highest BCUT2D eigenvalue weighted by Crippen LogP contribution is 2.36. The summed E-state index contributed by atoms with van der Waals surface area (Å²) >= 11 is 0. The van der Waals surface area contributed by atoms with E-state index >= 15 is 0 Å². The fraction of sp³-hybridized carbons (Fsp3) is 0. The van der Waals surface area contributed by atoms with Crippen LogP contribution in [0.4, 0.5) is 5.69 Å². The van der Waals surface area contributed by atoms with Gasteiger partial charge in [-0.2, -0.15) is 0 Å². The van der Waals surface area contributed by atoms with E-state index in [0.29, 0.717) is 5.69 Å². The maximum atomic E-state index is 10.3. The van der Waals surface area contributed by atoms with E-state index in [1.54, 1.807) is 18.2 Å². The fourth-order valence-electron chi connectivity index (χ4n) is 3.24. The average molecular weight is 353 g/mol. The van der Waals surface area contributed by atoms with Crippen LogP contribution in [-0.4, -0.2) is 10.2 Å². The molecule has 0 aliphatic heterocycles. The molecule has 0 heterocycles. The normalized spacial score (nSPS) is 10.7. The van der Waals surface area contributed by atoms with Crippen LogP contribution in [-0.2, 0) is 0 Å². The minimum atomic E-state index is 0.209. The number of nitrogen functional groups attached to an aromatic ring is 1. The molecule has 0 radical (unpaired) electrons. The van der Waals surface area contributed by atoms with Gasteiger partial charge in [0.1, 0.15) is 11.5 Å². The number of aromatic hydroxyl groups is 2. The smallest absolute Gasteiger partial charge is 0.123 e. The highest BCUT2D eigenvalue weighted by molar-refractivity contribution is 5.81. The summed E-state index contributed by atoms with van der Waals surface area (Å²) in [6, 6.07) is 28.3. The standard InChI is InChI=1S/C24H19NO2/c25-20-8-4-7-19(14-20)22-15-17(11-12-24(22)27)16-5-3-6-18(13-16)21-9-1-2-10-23(21)26/h1-15,26-27H,25H2. The lowest BCUT2D eigenvalue weighted by Crippen LogP contribution is -1.87. The van der Waals surface area contributed by atoms with Crippen LogP contribution in [0.1, 0.15) is 0 Å². The van der Waals surface area contributed by atoms with Crippen molar-refractivity contribution in [1.29, 1.82) is 0 Å². The summed E-state index contributed by atoms with van der Waals surface area (Å²) in [4.78, 5) is 0. The molecule has 0 atom stereocenters. The number of benzene rings is 4. The van der Waals surface area contributed by atoms with Gasteiger partial charge >= 0.3 is 0 Å². The molecule has 0 amide bonds. The van der Waals surface area contributed by atoms with Crippen molar-refractivity contribution in [3.63, 3.8) is 0 Å². The highest BCUT2D eigenvalue weighted by atomic mass is 16.3. The van der Waals surface area contributed by atoms with Crippen molar-refractivity contribution in [2.24, 2.45) is 0 Å². The Labute approximate surface area is 158 Å². The van der Waals surface area contributed by atoms with Crippen molar-refractivity contribution in [3.8, 4) is 44.9 Å². The molecule has 0 aliphatic rings. The minimum Gasteiger partial charge on any atom is -0.507 e. The van der Waals surface area contributed by atoms with Crippen LogP contribution in [0.25, 0.3) is 33.4 Å². The molecule has 132 valence electrons. The van der Waals surface area contributed by atoms with E-state index in [1.807, 2.05) is 72.8 Å². The predicted octanol–water partition coefficient (Wildman–Crippen LogP) is 5.68. The topological polar surface area (TPSA) is 66.5 Å². The van der Waals surface area contributed by atoms with E-state index in [4.69, 9.17) is 5.73 Å². The molecule has 0 spiro atoms. The molecule has 0 fully saturated rings. The third-order valence-corrected chi connectivity index (χ3v) is 4.61. The van der Waals surface area contributed by atoms with Crippen LogP contribution in [0.2, 0.25) is 0 Å². The van der Waals surface area contributed by atoms with Gasteiger partial charge in [-0.05, 0) is 58.7 Å². The van der Waals surface area contributed by atoms with Gasteiger partial charge in [0.25, 0.3) is 0 Å². The Morgan fingerprint density at radius 3 is 1.89 bits per heavy atom. The molecule has 4 aromatic rings. The first-order valence-electron chi connectivity index (χ1n) is 8.69. The van der Waals surface area contributed by atoms with Gasteiger partial charge in [-0.1, -0.05) is 54.6 Å². The summed E-state index contributed by atoms with van der Waals surface area (Å²) in [6.07, 6.45) is 0. The second kappa shape index (κ2) is 6.89. The zero-order chi connectivity index (χ0) is 18.8. The molecule has 3 nitrogen and oxygen atoms in total. The average Bonchev–Trinajstić information content (AvgIpc) is 2.69. The van der Waals surface area contributed by atoms with Gasteiger partial charge in [0.15, 0.2) is 0 Å². The Morgan fingerprint density at radius 2 is 1.11 bits per heavy atom. The highest BCUT2D eigenvalue weighted by Gasteiger charge is 2.09. The molecular weight excluding hydrogens is 334 g/mol. The molecule has 0 saturated heterocycles. The lowest BCUT2D eigenvalue weighted by atomic mass is 9.95. The van der Waals surface area contributed by atoms with Gasteiger partial charge in [-0.3, -0.25) is 0 Å². The van der Waals surface area contributed by atoms with Gasteiger partial charge in [0.2, 0.25) is 0 Å². The Bertz CT molecular complexity index is 1120. The molecule has 4 rings (SSSR count). The molecule has 0 aliphatic carbocycles. The Hall–Kier alpha value is -3.72. The van der Waals surface area contributed by atoms with Crippen LogP contribution in [0.15, 0.2) is 91.0 Å². The Balaban J connectivity index is 1.80. The van der Waals surface area contributed by atoms with E-state index in [2.05, 4.69) is 0 Å². The summed E-state index contributed by atoms with van der Waals surface area (Å²) < 4.78 is 0. The second-order valence-electron chi connectivity index (χ2n) is 6.46. The number of nitrogens with two attached hydrogens (primary N) is 1. The molecule has 0 saturated carbocycles. The van der Waals surface area contributed by atoms with Crippen molar-refractivity contribution < 1.29 is 10.2 Å². The summed E-state index contributed by atoms with van der Waals surface area (Å²) in [7, 11) is 0. The number of para-hydroxylation sites is 1. The number of hydrogen-bond acceptors (Lipinski definition) is 3. The van der Waals surface area contributed by atoms with Crippen molar-refractivity contribution in [1.82, 2.24) is 0 Å². The lowest BCUT2D eigenvalue weighted by Gasteiger charge is -2.11. The number of hydrogen-bond donors (Lipinski definition) is 3. The van der Waals surface area contributed by atoms with E-state index in [9.17, 15) is 10.2 Å². The Kier molecular flexibility index (Phi) is 4.27. The predicted molar refractivity (Wildman–Crippen MR) is 110 cm³/mol. The first-order chi connectivity index (χ1) is 13.1. The van der Waals surface area contributed by atoms with Crippen LogP contribution in [0.5, 0.6) is 11.5 Å². The van der Waals surface area contributed by atoms with Crippen molar-refractivity contribution in [2.45, 2.75) is 0 Å². The van der Waals surface area contributed by atoms with Crippen molar-refractivity contribution >= 4 is 5.69 Å². The number of rotatable bonds is 3. The minimum absolute atomic E-state index is 0.209. The lowest BCUT2D eigenvalue weighted by molar-refractivity contribution is 0.477. The largest absolute Gasteiger partial charge is 0.507 e. The molecule has 0 aromatic heterocycles. The first-order valence-corrected chi connectivity index (χ1v) is 8.69. The van der Waals surface area contributed by atoms with Crippen LogP contribution < -0.4 is 5.73 Å². The zero-order valence-electron chi connectivity index (χ0n) is 14.6. The summed E-state index contributed by atoms with van der Waals surface area (Å²) in [5.41, 5.74) is 11.8. The van der Waals surface area contributed by atoms with E-state index < -0.39 is 0 Å². The summed E-state index contributed by atoms with van der Waals surface area (Å²) in [5, 5.41) is 20.5. The molecule has 0 bridgehead atoms. The van der Waals surface area contributed by atoms with Crippen molar-refractivity contribution in [3.05, 3.63) is 91.0 Å². The summed E-state index contributed by atoms with van der Waals surface area (Å²) in [5.74, 6) is 0.460. The van der Waals surface area contributed by atoms with Crippen molar-refractivity contribution in [2.75, 3.05) is 5.73 Å². The second-order valence-corrected chi connectivity index (χ2v) is 6.46. The number of anilines is 1. The van der Waals surface area contributed by atoms with Gasteiger partial charge < -0.3 is 15.9 Å². The van der Waals surface area contributed by atoms with E-state index in [0.717, 1.165) is 33.4 Å². The number of phenolic OH excluding ortho intramolecular Hbond substituents is 2. The maximum absolute atomic E-state index is 10.3. The molecule has 0 unspecified atom stereocenters. The van der Waals surface area contributed by atoms with Gasteiger partial charge in [-0.15, -0.1) is 0 Å². The zero-order valence-corrected chi connectivity index (χ0v) is 14.6. The van der Waals surface area contributed by atoms with Crippen LogP contribution in [0, 0.1) is 0 Å². The van der Waals surface area contributed by atoms with E-state index in [-0.39, 0.29) is 11.5 Å². The SMILES string of the molecule is Nc1cccc(-c2cc(-c3cccc(-c4ccccc4O)c3)ccc2O)c1. The van der Waals surface area contributed by atoms with Gasteiger partial charge in [0, 0.05) is 16.8 Å². The monoisotopic (exact) mass is 353 g/mol. The number of phenols is 2. The van der Waals surface area contributed by atoms with Crippen LogP contribution >= 0.6 is 0 Å². The first kappa shape index (κ1) is 16.7. The maximum Gasteiger partial charge on any atom is 0.123 e. The Morgan fingerprint density at radius 1 is 0.481 bits per heavy atom. The summed E-state index contributed by atoms with van der Waals surface area (Å²) in [6.45, 7) is 0. The molecule has 3 heteroatoms. The van der Waals surface area contributed by atoms with E-state index in [1.165, 1.54) is 0 Å². The van der Waals surface area contributed by atoms with Gasteiger partial charge in [0.05, 0.1) is 0 Å². The van der Waals surface area contributed by atoms with Gasteiger partial charge in [-0.25, -0.2) is 0 Å². The molecule has 27 heavy (non-hydrogen) atoms. The quantitative estimate of drug-likeness (QED) is 0.415. The molecule has 4 N–H and O–H groups in total. The third-order valence-electron chi connectivity index (χ3n) is 4.61. The molecule has 4 aromatic carbocycles. The third kappa shape index (κ3) is 3.35.